The Morgan fingerprint density at radius 2 is 1.94 bits per heavy atom. The minimum absolute atomic E-state index is 0.118. The smallest absolute Gasteiger partial charge is 0.338 e. The van der Waals surface area contributed by atoms with Crippen molar-refractivity contribution in [3.63, 3.8) is 0 Å². The Kier molecular flexibility index (Phi) is 5.59. The Balaban J connectivity index is 4.84. The van der Waals surface area contributed by atoms with Crippen molar-refractivity contribution in [2.24, 2.45) is 0 Å². The van der Waals surface area contributed by atoms with Gasteiger partial charge < -0.3 is 14.1 Å². The van der Waals surface area contributed by atoms with Crippen molar-refractivity contribution in [1.82, 2.24) is 0 Å². The van der Waals surface area contributed by atoms with Crippen LogP contribution in [0.25, 0.3) is 0 Å². The molecule has 0 saturated heterocycles. The van der Waals surface area contributed by atoms with E-state index in [1.54, 1.807) is 6.92 Å². The molecule has 1 N–H and O–H groups in total. The molecule has 0 aromatic heterocycles. The molecule has 0 aliphatic carbocycles. The lowest BCUT2D eigenvalue weighted by atomic mass is 10.4. The summed E-state index contributed by atoms with van der Waals surface area (Å²) in [5.41, 5.74) is 0.177. The molecule has 6 heteroatoms. The molecule has 2 unspecified atom stereocenters. The highest BCUT2D eigenvalue weighted by molar-refractivity contribution is 7.60. The number of hydrogen-bond acceptors (Lipinski definition) is 4. The summed E-state index contributed by atoms with van der Waals surface area (Å²) in [4.78, 5) is 11.4. The number of carbonyl (C=O) groups is 1. The lowest BCUT2D eigenvalue weighted by Crippen LogP contribution is -2.41. The van der Waals surface area contributed by atoms with E-state index in [-0.39, 0.29) is 18.3 Å². The molecular weight excluding hydrogens is 241 g/mol. The first kappa shape index (κ1) is 16.4. The van der Waals surface area contributed by atoms with Crippen molar-refractivity contribution in [3.05, 3.63) is 12.2 Å². The van der Waals surface area contributed by atoms with E-state index in [0.29, 0.717) is 4.48 Å². The maximum absolute atomic E-state index is 12.3. The summed E-state index contributed by atoms with van der Waals surface area (Å²) in [5, 5.41) is 9.95. The summed E-state index contributed by atoms with van der Waals surface area (Å²) < 4.78 is 17.7. The van der Waals surface area contributed by atoms with Gasteiger partial charge in [0.2, 0.25) is 0 Å². The molecule has 5 nitrogen and oxygen atoms in total. The molecule has 0 aliphatic rings. The van der Waals surface area contributed by atoms with Crippen LogP contribution in [-0.2, 0) is 13.9 Å². The predicted octanol–water partition coefficient (Wildman–Crippen LogP) is 1.43. The van der Waals surface area contributed by atoms with Gasteiger partial charge in [0.15, 0.2) is 5.85 Å². The first-order valence-electron chi connectivity index (χ1n) is 5.48. The molecule has 0 fully saturated rings. The van der Waals surface area contributed by atoms with Gasteiger partial charge in [-0.2, -0.15) is 0 Å². The van der Waals surface area contributed by atoms with Crippen LogP contribution in [0.5, 0.6) is 0 Å². The van der Waals surface area contributed by atoms with E-state index < -0.39 is 19.2 Å². The Morgan fingerprint density at radius 1 is 1.47 bits per heavy atom. The summed E-state index contributed by atoms with van der Waals surface area (Å²) in [6.45, 7) is 6.80. The SMILES string of the molecule is C=C(C)C(=O)OP(=O)(CC)C(O)C[N+](C)(C)C. The summed E-state index contributed by atoms with van der Waals surface area (Å²) in [5.74, 6) is -1.86. The minimum Gasteiger partial charge on any atom is -0.406 e. The van der Waals surface area contributed by atoms with Gasteiger partial charge in [0.05, 0.1) is 21.1 Å². The van der Waals surface area contributed by atoms with Crippen LogP contribution in [0.15, 0.2) is 12.2 Å². The van der Waals surface area contributed by atoms with Crippen molar-refractivity contribution in [2.45, 2.75) is 19.7 Å². The molecule has 0 aliphatic heterocycles. The highest BCUT2D eigenvalue weighted by atomic mass is 31.2. The van der Waals surface area contributed by atoms with Crippen molar-refractivity contribution >= 4 is 13.3 Å². The van der Waals surface area contributed by atoms with Gasteiger partial charge >= 0.3 is 5.97 Å². The highest BCUT2D eigenvalue weighted by Gasteiger charge is 2.37. The summed E-state index contributed by atoms with van der Waals surface area (Å²) >= 11 is 0. The fourth-order valence-corrected chi connectivity index (χ4v) is 3.02. The molecule has 0 aromatic carbocycles. The van der Waals surface area contributed by atoms with Crippen LogP contribution in [0, 0.1) is 0 Å². The molecular formula is C11H23NO4P+. The molecule has 0 aromatic rings. The Morgan fingerprint density at radius 3 is 2.24 bits per heavy atom. The molecule has 0 saturated carbocycles. The van der Waals surface area contributed by atoms with E-state index in [0.717, 1.165) is 0 Å². The van der Waals surface area contributed by atoms with Gasteiger partial charge in [-0.3, -0.25) is 4.57 Å². The second-order valence-electron chi connectivity index (χ2n) is 5.15. The number of likely N-dealkylation sites (N-methyl/N-ethyl adjacent to an activating group) is 1. The van der Waals surface area contributed by atoms with E-state index in [9.17, 15) is 14.5 Å². The quantitative estimate of drug-likeness (QED) is 0.448. The number of rotatable bonds is 6. The van der Waals surface area contributed by atoms with Gasteiger partial charge in [-0.15, -0.1) is 0 Å². The van der Waals surface area contributed by atoms with E-state index >= 15 is 0 Å². The zero-order chi connectivity index (χ0) is 13.9. The normalized spacial score (nSPS) is 17.1. The number of nitrogens with zero attached hydrogens (tertiary/aromatic N) is 1. The van der Waals surface area contributed by atoms with E-state index in [4.69, 9.17) is 4.52 Å². The van der Waals surface area contributed by atoms with Crippen LogP contribution in [0.2, 0.25) is 0 Å². The number of carbonyl (C=O) groups excluding carboxylic acids is 1. The van der Waals surface area contributed by atoms with Crippen LogP contribution in [0.1, 0.15) is 13.8 Å². The van der Waals surface area contributed by atoms with Crippen molar-refractivity contribution in [3.8, 4) is 0 Å². The number of aliphatic hydroxyl groups is 1. The molecule has 0 amide bonds. The fourth-order valence-electron chi connectivity index (χ4n) is 1.17. The molecule has 0 rings (SSSR count). The first-order chi connectivity index (χ1) is 7.52. The number of quaternary nitrogens is 1. The predicted molar refractivity (Wildman–Crippen MR) is 68.0 cm³/mol. The van der Waals surface area contributed by atoms with Crippen LogP contribution in [-0.4, -0.2) is 55.3 Å². The second-order valence-corrected chi connectivity index (χ2v) is 8.02. The average Bonchev–Trinajstić information content (AvgIpc) is 2.14. The minimum atomic E-state index is -3.37. The molecule has 2 atom stereocenters. The van der Waals surface area contributed by atoms with E-state index in [1.165, 1.54) is 6.92 Å². The molecule has 0 spiro atoms. The standard InChI is InChI=1S/C11H23NO4P/c1-7-17(15,16-11(14)9(2)3)10(13)8-12(4,5)6/h10,13H,2,7-8H2,1,3-6H3/q+1. The van der Waals surface area contributed by atoms with E-state index in [1.807, 2.05) is 21.1 Å². The van der Waals surface area contributed by atoms with Crippen LogP contribution >= 0.6 is 7.37 Å². The third kappa shape index (κ3) is 5.48. The van der Waals surface area contributed by atoms with Crippen molar-refractivity contribution in [2.75, 3.05) is 33.8 Å². The van der Waals surface area contributed by atoms with Gasteiger partial charge in [0, 0.05) is 11.7 Å². The lowest BCUT2D eigenvalue weighted by molar-refractivity contribution is -0.872. The largest absolute Gasteiger partial charge is 0.406 e. The topological polar surface area (TPSA) is 63.6 Å². The Hall–Kier alpha value is -0.640. The fraction of sp³-hybridized carbons (Fsp3) is 0.727. The van der Waals surface area contributed by atoms with Crippen LogP contribution < -0.4 is 0 Å². The zero-order valence-corrected chi connectivity index (χ0v) is 12.2. The van der Waals surface area contributed by atoms with Crippen molar-refractivity contribution in [1.29, 1.82) is 0 Å². The number of hydrogen-bond donors (Lipinski definition) is 1. The summed E-state index contributed by atoms with van der Waals surface area (Å²) in [6, 6.07) is 0. The van der Waals surface area contributed by atoms with Gasteiger partial charge in [0.1, 0.15) is 6.54 Å². The average molecular weight is 264 g/mol. The van der Waals surface area contributed by atoms with Crippen molar-refractivity contribution < 1.29 is 23.5 Å². The van der Waals surface area contributed by atoms with Gasteiger partial charge in [0.25, 0.3) is 7.37 Å². The summed E-state index contributed by atoms with van der Waals surface area (Å²) in [6.07, 6.45) is 0.118. The maximum atomic E-state index is 12.3. The van der Waals surface area contributed by atoms with Gasteiger partial charge in [-0.25, -0.2) is 4.79 Å². The monoisotopic (exact) mass is 264 g/mol. The lowest BCUT2D eigenvalue weighted by Gasteiger charge is -2.30. The first-order valence-corrected chi connectivity index (χ1v) is 7.36. The summed E-state index contributed by atoms with van der Waals surface area (Å²) in [7, 11) is 2.23. The third-order valence-corrected chi connectivity index (χ3v) is 4.62. The zero-order valence-electron chi connectivity index (χ0n) is 11.3. The van der Waals surface area contributed by atoms with E-state index in [2.05, 4.69) is 6.58 Å². The highest BCUT2D eigenvalue weighted by Crippen LogP contribution is 2.51. The Labute approximate surface area is 103 Å². The van der Waals surface area contributed by atoms with Crippen LogP contribution in [0.4, 0.5) is 0 Å². The molecule has 0 bridgehead atoms. The molecule has 17 heavy (non-hydrogen) atoms. The van der Waals surface area contributed by atoms with Crippen LogP contribution in [0.3, 0.4) is 0 Å². The van der Waals surface area contributed by atoms with Gasteiger partial charge in [-0.1, -0.05) is 13.5 Å². The maximum Gasteiger partial charge on any atom is 0.338 e. The number of aliphatic hydroxyl groups excluding tert-OH is 1. The molecule has 0 heterocycles. The molecule has 100 valence electrons. The van der Waals surface area contributed by atoms with Gasteiger partial charge in [-0.05, 0) is 6.92 Å². The third-order valence-electron chi connectivity index (χ3n) is 2.19. The molecule has 0 radical (unpaired) electrons. The Bertz CT molecular complexity index is 346. The second kappa shape index (κ2) is 5.80.